The number of aromatic nitrogens is 1. The van der Waals surface area contributed by atoms with Gasteiger partial charge in [0.05, 0.1) is 5.60 Å². The Labute approximate surface area is 121 Å². The maximum absolute atomic E-state index is 5.90. The molecule has 0 bridgehead atoms. The van der Waals surface area contributed by atoms with Crippen molar-refractivity contribution < 1.29 is 9.39 Å². The van der Waals surface area contributed by atoms with E-state index in [1.807, 2.05) is 39.8 Å². The van der Waals surface area contributed by atoms with Crippen LogP contribution in [-0.2, 0) is 4.65 Å². The van der Waals surface area contributed by atoms with E-state index < -0.39 is 0 Å². The third-order valence-electron chi connectivity index (χ3n) is 3.56. The Kier molecular flexibility index (Phi) is 4.16. The maximum atomic E-state index is 5.90. The molecule has 1 radical (unpaired) electrons. The molecule has 1 saturated carbocycles. The lowest BCUT2D eigenvalue weighted by Gasteiger charge is -2.38. The van der Waals surface area contributed by atoms with E-state index in [0.717, 1.165) is 18.3 Å². The summed E-state index contributed by atoms with van der Waals surface area (Å²) in [7, 11) is 1.72. The minimum atomic E-state index is -0.386. The summed E-state index contributed by atoms with van der Waals surface area (Å²) in [6, 6.07) is 3.83. The molecule has 1 heterocycles. The fraction of sp³-hybridized carbons (Fsp3) is 0.643. The first-order chi connectivity index (χ1) is 8.79. The zero-order valence-electron chi connectivity index (χ0n) is 12.0. The molecule has 1 aliphatic rings. The fourth-order valence-electron chi connectivity index (χ4n) is 1.29. The van der Waals surface area contributed by atoms with Crippen molar-refractivity contribution in [2.75, 3.05) is 0 Å². The first-order valence-corrected chi connectivity index (χ1v) is 7.09. The van der Waals surface area contributed by atoms with Crippen LogP contribution >= 0.6 is 12.6 Å². The normalized spacial score (nSPS) is 16.3. The molecule has 0 aliphatic heterocycles. The van der Waals surface area contributed by atoms with Crippen LogP contribution in [-0.4, -0.2) is 28.9 Å². The Morgan fingerprint density at radius 1 is 1.32 bits per heavy atom. The van der Waals surface area contributed by atoms with Crippen LogP contribution in [0.25, 0.3) is 0 Å². The molecule has 1 fully saturated rings. The second-order valence-corrected chi connectivity index (χ2v) is 7.14. The van der Waals surface area contributed by atoms with Crippen molar-refractivity contribution in [1.82, 2.24) is 4.98 Å². The van der Waals surface area contributed by atoms with E-state index >= 15 is 0 Å². The van der Waals surface area contributed by atoms with Crippen LogP contribution in [0.4, 0.5) is 0 Å². The van der Waals surface area contributed by atoms with E-state index in [0.29, 0.717) is 12.0 Å². The van der Waals surface area contributed by atoms with Crippen LogP contribution in [0, 0.1) is 0 Å². The lowest BCUT2D eigenvalue weighted by Crippen LogP contribution is -2.46. The molecule has 0 aromatic carbocycles. The molecular weight excluding hydrogens is 257 g/mol. The zero-order valence-corrected chi connectivity index (χ0v) is 12.9. The van der Waals surface area contributed by atoms with Crippen LogP contribution in [0.2, 0.25) is 0 Å². The van der Waals surface area contributed by atoms with Crippen LogP contribution in [0.5, 0.6) is 5.88 Å². The molecule has 0 unspecified atom stereocenters. The number of ether oxygens (including phenoxy) is 1. The number of thiol groups is 1. The van der Waals surface area contributed by atoms with Gasteiger partial charge in [0.1, 0.15) is 6.10 Å². The Bertz CT molecular complexity index is 441. The van der Waals surface area contributed by atoms with E-state index in [1.54, 1.807) is 13.7 Å². The van der Waals surface area contributed by atoms with Crippen molar-refractivity contribution in [2.45, 2.75) is 57.0 Å². The minimum Gasteiger partial charge on any atom is -0.475 e. The number of pyridine rings is 1. The number of nitrogens with zero attached hydrogens (tertiary/aromatic N) is 1. The van der Waals surface area contributed by atoms with Crippen molar-refractivity contribution in [2.24, 2.45) is 0 Å². The molecule has 0 spiro atoms. The van der Waals surface area contributed by atoms with Gasteiger partial charge in [-0.15, -0.1) is 0 Å². The van der Waals surface area contributed by atoms with Gasteiger partial charge < -0.3 is 9.39 Å². The second-order valence-electron chi connectivity index (χ2n) is 6.02. The summed E-state index contributed by atoms with van der Waals surface area (Å²) in [5, 5.41) is 0. The number of hydrogen-bond donors (Lipinski definition) is 1. The molecule has 0 N–H and O–H groups in total. The molecule has 1 aromatic heterocycles. The molecular formula is C14H21BNO2S. The SMILES string of the molecule is CC(C)(S)C(C)(C)O[B]c1cccnc1OC1CC1. The summed E-state index contributed by atoms with van der Waals surface area (Å²) in [5.74, 6) is 0.651. The third kappa shape index (κ3) is 3.89. The highest BCUT2D eigenvalue weighted by Gasteiger charge is 2.35. The van der Waals surface area contributed by atoms with Gasteiger partial charge in [0, 0.05) is 16.4 Å². The van der Waals surface area contributed by atoms with Crippen LogP contribution < -0.4 is 10.2 Å². The zero-order chi connectivity index (χ0) is 14.1. The summed E-state index contributed by atoms with van der Waals surface area (Å²) < 4.78 is 11.4. The highest BCUT2D eigenvalue weighted by molar-refractivity contribution is 7.81. The van der Waals surface area contributed by atoms with Gasteiger partial charge in [-0.05, 0) is 46.6 Å². The van der Waals surface area contributed by atoms with Crippen molar-refractivity contribution in [3.63, 3.8) is 0 Å². The first-order valence-electron chi connectivity index (χ1n) is 6.65. The molecule has 0 amide bonds. The van der Waals surface area contributed by atoms with Gasteiger partial charge in [0.25, 0.3) is 0 Å². The third-order valence-corrected chi connectivity index (χ3v) is 4.10. The summed E-state index contributed by atoms with van der Waals surface area (Å²) in [6.07, 6.45) is 4.30. The molecule has 5 heteroatoms. The molecule has 3 nitrogen and oxygen atoms in total. The quantitative estimate of drug-likeness (QED) is 0.640. The summed E-state index contributed by atoms with van der Waals surface area (Å²) in [4.78, 5) is 4.27. The average Bonchev–Trinajstić information content (AvgIpc) is 3.10. The predicted molar refractivity (Wildman–Crippen MR) is 81.5 cm³/mol. The van der Waals surface area contributed by atoms with E-state index in [9.17, 15) is 0 Å². The number of rotatable bonds is 6. The van der Waals surface area contributed by atoms with Crippen molar-refractivity contribution in [3.05, 3.63) is 18.3 Å². The lowest BCUT2D eigenvalue weighted by atomic mass is 9.84. The Hall–Kier alpha value is -0.675. The maximum Gasteiger partial charge on any atom is 0.336 e. The van der Waals surface area contributed by atoms with Crippen molar-refractivity contribution in [1.29, 1.82) is 0 Å². The van der Waals surface area contributed by atoms with E-state index in [1.165, 1.54) is 0 Å². The largest absolute Gasteiger partial charge is 0.475 e. The second kappa shape index (κ2) is 5.37. The summed E-state index contributed by atoms with van der Waals surface area (Å²) in [5.41, 5.74) is 0.489. The van der Waals surface area contributed by atoms with E-state index in [-0.39, 0.29) is 10.3 Å². The van der Waals surface area contributed by atoms with Gasteiger partial charge in [-0.3, -0.25) is 0 Å². The van der Waals surface area contributed by atoms with Crippen LogP contribution in [0.15, 0.2) is 18.3 Å². The first kappa shape index (κ1) is 14.7. The smallest absolute Gasteiger partial charge is 0.336 e. The standard InChI is InChI=1S/C14H21BNO2S/c1-13(2,14(3,4)19)18-15-11-6-5-9-16-12(11)17-10-7-8-10/h5-6,9-10,19H,7-8H2,1-4H3. The Morgan fingerprint density at radius 3 is 2.58 bits per heavy atom. The molecule has 2 rings (SSSR count). The predicted octanol–water partition coefficient (Wildman–Crippen LogP) is 2.37. The van der Waals surface area contributed by atoms with Gasteiger partial charge in [0.2, 0.25) is 5.88 Å². The van der Waals surface area contributed by atoms with Gasteiger partial charge >= 0.3 is 7.48 Å². The van der Waals surface area contributed by atoms with Crippen LogP contribution in [0.3, 0.4) is 0 Å². The molecule has 0 atom stereocenters. The van der Waals surface area contributed by atoms with Crippen molar-refractivity contribution in [3.8, 4) is 5.88 Å². The van der Waals surface area contributed by atoms with E-state index in [2.05, 4.69) is 17.6 Å². The Morgan fingerprint density at radius 2 is 2.00 bits per heavy atom. The highest BCUT2D eigenvalue weighted by atomic mass is 32.1. The molecule has 19 heavy (non-hydrogen) atoms. The molecule has 103 valence electrons. The topological polar surface area (TPSA) is 31.4 Å². The van der Waals surface area contributed by atoms with Crippen LogP contribution in [0.1, 0.15) is 40.5 Å². The molecule has 0 saturated heterocycles. The fourth-order valence-corrected chi connectivity index (χ4v) is 1.34. The average molecular weight is 278 g/mol. The monoisotopic (exact) mass is 278 g/mol. The Balaban J connectivity index is 2.02. The van der Waals surface area contributed by atoms with Gasteiger partial charge in [0.15, 0.2) is 0 Å². The van der Waals surface area contributed by atoms with Gasteiger partial charge in [-0.25, -0.2) is 4.98 Å². The summed E-state index contributed by atoms with van der Waals surface area (Å²) in [6.45, 7) is 8.12. The van der Waals surface area contributed by atoms with Crippen molar-refractivity contribution >= 4 is 25.6 Å². The lowest BCUT2D eigenvalue weighted by molar-refractivity contribution is 0.0853. The number of hydrogen-bond acceptors (Lipinski definition) is 4. The highest BCUT2D eigenvalue weighted by Crippen LogP contribution is 2.30. The minimum absolute atomic E-state index is 0.247. The summed E-state index contributed by atoms with van der Waals surface area (Å²) >= 11 is 4.58. The van der Waals surface area contributed by atoms with Gasteiger partial charge in [-0.1, -0.05) is 6.07 Å². The van der Waals surface area contributed by atoms with E-state index in [4.69, 9.17) is 9.39 Å². The van der Waals surface area contributed by atoms with Gasteiger partial charge in [-0.2, -0.15) is 12.6 Å². The molecule has 1 aromatic rings. The molecule has 1 aliphatic carbocycles.